The minimum absolute atomic E-state index is 0.556. The largest absolute Gasteiger partial charge is 0.353 e. The summed E-state index contributed by atoms with van der Waals surface area (Å²) in [4.78, 5) is 25.0. The lowest BCUT2D eigenvalue weighted by Crippen LogP contribution is -2.68. The van der Waals surface area contributed by atoms with Crippen LogP contribution in [-0.2, 0) is 6.54 Å². The van der Waals surface area contributed by atoms with E-state index in [4.69, 9.17) is 9.97 Å². The number of piperidine rings is 1. The molecule has 3 fully saturated rings. The monoisotopic (exact) mass is 549 g/mol. The molecule has 0 spiro atoms. The van der Waals surface area contributed by atoms with Gasteiger partial charge in [-0.2, -0.15) is 5.10 Å². The van der Waals surface area contributed by atoms with Crippen LogP contribution >= 0.6 is 11.3 Å². The Balaban J connectivity index is 0.991. The molecule has 3 saturated heterocycles. The zero-order chi connectivity index (χ0) is 27.2. The molecule has 3 aliphatic heterocycles. The van der Waals surface area contributed by atoms with Crippen LogP contribution in [-0.4, -0.2) is 60.2 Å². The number of fused-ring (bicyclic) bond motifs is 2. The van der Waals surface area contributed by atoms with Crippen LogP contribution < -0.4 is 10.2 Å². The van der Waals surface area contributed by atoms with Crippen molar-refractivity contribution in [3.05, 3.63) is 82.8 Å². The predicted molar refractivity (Wildman–Crippen MR) is 159 cm³/mol. The van der Waals surface area contributed by atoms with Gasteiger partial charge in [0.25, 0.3) is 0 Å². The van der Waals surface area contributed by atoms with E-state index in [1.807, 2.05) is 38.4 Å². The Kier molecular flexibility index (Phi) is 6.28. The van der Waals surface area contributed by atoms with E-state index in [-0.39, 0.29) is 0 Å². The fourth-order valence-electron chi connectivity index (χ4n) is 5.66. The second-order valence-corrected chi connectivity index (χ2v) is 12.0. The molecule has 2 unspecified atom stereocenters. The first-order chi connectivity index (χ1) is 19.5. The van der Waals surface area contributed by atoms with E-state index in [0.717, 1.165) is 53.2 Å². The highest BCUT2D eigenvalue weighted by atomic mass is 32.1. The number of aromatic nitrogens is 6. The van der Waals surface area contributed by atoms with Gasteiger partial charge in [-0.15, -0.1) is 11.3 Å². The maximum absolute atomic E-state index is 4.81. The molecule has 202 valence electrons. The van der Waals surface area contributed by atoms with E-state index in [1.165, 1.54) is 22.4 Å². The summed E-state index contributed by atoms with van der Waals surface area (Å²) in [6, 6.07) is 18.1. The first-order valence-electron chi connectivity index (χ1n) is 13.6. The van der Waals surface area contributed by atoms with Gasteiger partial charge in [0.1, 0.15) is 16.6 Å². The van der Waals surface area contributed by atoms with Crippen molar-refractivity contribution in [1.82, 2.24) is 35.0 Å². The summed E-state index contributed by atoms with van der Waals surface area (Å²) >= 11 is 1.74. The first-order valence-corrected chi connectivity index (χ1v) is 14.4. The molecule has 0 saturated carbocycles. The van der Waals surface area contributed by atoms with Gasteiger partial charge < -0.3 is 10.2 Å². The molecule has 0 aliphatic carbocycles. The minimum Gasteiger partial charge on any atom is -0.353 e. The average Bonchev–Trinajstić information content (AvgIpc) is 3.59. The van der Waals surface area contributed by atoms with Crippen LogP contribution in [0.15, 0.2) is 60.9 Å². The summed E-state index contributed by atoms with van der Waals surface area (Å²) in [5, 5.41) is 11.5. The topological polar surface area (TPSA) is 98.8 Å². The lowest BCUT2D eigenvalue weighted by Gasteiger charge is -2.56. The zero-order valence-electron chi connectivity index (χ0n) is 22.8. The quantitative estimate of drug-likeness (QED) is 0.274. The fourth-order valence-corrected chi connectivity index (χ4v) is 6.43. The van der Waals surface area contributed by atoms with Crippen molar-refractivity contribution in [2.24, 2.45) is 0 Å². The summed E-state index contributed by atoms with van der Waals surface area (Å²) in [5.74, 6) is 3.11. The normalized spacial score (nSPS) is 18.5. The number of rotatable bonds is 7. The number of aromatic amines is 1. The summed E-state index contributed by atoms with van der Waals surface area (Å²) < 4.78 is 0. The van der Waals surface area contributed by atoms with Gasteiger partial charge in [-0.05, 0) is 44.9 Å². The number of benzene rings is 1. The zero-order valence-corrected chi connectivity index (χ0v) is 23.6. The highest BCUT2D eigenvalue weighted by molar-refractivity contribution is 7.14. The summed E-state index contributed by atoms with van der Waals surface area (Å²) in [7, 11) is 0. The van der Waals surface area contributed by atoms with E-state index in [9.17, 15) is 0 Å². The van der Waals surface area contributed by atoms with Gasteiger partial charge in [-0.3, -0.25) is 10.00 Å². The van der Waals surface area contributed by atoms with E-state index >= 15 is 0 Å². The molecule has 2 N–H and O–H groups in total. The number of anilines is 3. The second-order valence-electron chi connectivity index (χ2n) is 10.8. The molecule has 2 atom stereocenters. The van der Waals surface area contributed by atoms with Gasteiger partial charge in [-0.25, -0.2) is 19.9 Å². The Morgan fingerprint density at radius 2 is 1.70 bits per heavy atom. The number of piperazine rings is 1. The molecule has 1 aromatic carbocycles. The molecule has 5 aromatic rings. The molecule has 0 radical (unpaired) electrons. The SMILES string of the molecule is Cc1cc(Nc2cc(C)[nH]n2)nc(-c2ccc(N3CC4CC(C3)N4Cc3ccc(-c4ncc(C)s4)cc3)nc2)n1. The van der Waals surface area contributed by atoms with Gasteiger partial charge >= 0.3 is 0 Å². The third-order valence-corrected chi connectivity index (χ3v) is 8.64. The van der Waals surface area contributed by atoms with Crippen molar-refractivity contribution >= 4 is 28.8 Å². The Labute approximate surface area is 237 Å². The van der Waals surface area contributed by atoms with Crippen molar-refractivity contribution in [1.29, 1.82) is 0 Å². The lowest BCUT2D eigenvalue weighted by molar-refractivity contribution is -0.00867. The number of nitrogens with zero attached hydrogens (tertiary/aromatic N) is 7. The number of hydrogen-bond acceptors (Lipinski definition) is 9. The molecule has 3 aliphatic rings. The molecule has 2 bridgehead atoms. The van der Waals surface area contributed by atoms with Crippen molar-refractivity contribution in [3.63, 3.8) is 0 Å². The summed E-state index contributed by atoms with van der Waals surface area (Å²) in [6.45, 7) is 9.02. The average molecular weight is 550 g/mol. The Bertz CT molecular complexity index is 1630. The summed E-state index contributed by atoms with van der Waals surface area (Å²) in [5.41, 5.74) is 5.32. The van der Waals surface area contributed by atoms with Crippen LogP contribution in [0.25, 0.3) is 22.0 Å². The molecular weight excluding hydrogens is 518 g/mol. The van der Waals surface area contributed by atoms with Crippen molar-refractivity contribution in [2.45, 2.75) is 45.8 Å². The lowest BCUT2D eigenvalue weighted by atomic mass is 9.86. The van der Waals surface area contributed by atoms with E-state index in [1.54, 1.807) is 11.3 Å². The molecule has 0 amide bonds. The van der Waals surface area contributed by atoms with Crippen molar-refractivity contribution < 1.29 is 0 Å². The molecular formula is C30H31N9S. The van der Waals surface area contributed by atoms with E-state index in [2.05, 4.69) is 78.6 Å². The maximum Gasteiger partial charge on any atom is 0.163 e. The predicted octanol–water partition coefficient (Wildman–Crippen LogP) is 5.52. The highest BCUT2D eigenvalue weighted by Crippen LogP contribution is 2.36. The summed E-state index contributed by atoms with van der Waals surface area (Å²) in [6.07, 6.45) is 5.08. The molecule has 8 rings (SSSR count). The van der Waals surface area contributed by atoms with Gasteiger partial charge in [-0.1, -0.05) is 24.3 Å². The maximum atomic E-state index is 4.81. The fraction of sp³-hybridized carbons (Fsp3) is 0.300. The number of thiazole rings is 1. The number of hydrogen-bond donors (Lipinski definition) is 2. The third-order valence-electron chi connectivity index (χ3n) is 7.68. The number of pyridine rings is 1. The van der Waals surface area contributed by atoms with Crippen LogP contribution in [0.2, 0.25) is 0 Å². The number of H-pyrrole nitrogens is 1. The van der Waals surface area contributed by atoms with Gasteiger partial charge in [0.2, 0.25) is 0 Å². The molecule has 4 aromatic heterocycles. The third kappa shape index (κ3) is 4.96. The van der Waals surface area contributed by atoms with Crippen LogP contribution in [0.3, 0.4) is 0 Å². The van der Waals surface area contributed by atoms with Crippen molar-refractivity contribution in [3.8, 4) is 22.0 Å². The highest BCUT2D eigenvalue weighted by Gasteiger charge is 2.44. The first kappa shape index (κ1) is 24.9. The smallest absolute Gasteiger partial charge is 0.163 e. The van der Waals surface area contributed by atoms with E-state index in [0.29, 0.717) is 23.7 Å². The Morgan fingerprint density at radius 1 is 0.900 bits per heavy atom. The second kappa shape index (κ2) is 10.1. The van der Waals surface area contributed by atoms with Crippen LogP contribution in [0.5, 0.6) is 0 Å². The van der Waals surface area contributed by atoms with Gasteiger partial charge in [0.05, 0.1) is 0 Å². The molecule has 7 heterocycles. The van der Waals surface area contributed by atoms with Gasteiger partial charge in [0.15, 0.2) is 11.6 Å². The van der Waals surface area contributed by atoms with Crippen molar-refractivity contribution in [2.75, 3.05) is 23.3 Å². The molecule has 9 nitrogen and oxygen atoms in total. The number of aryl methyl sites for hydroxylation is 3. The Hall–Kier alpha value is -4.15. The van der Waals surface area contributed by atoms with Crippen LogP contribution in [0.4, 0.5) is 17.5 Å². The Morgan fingerprint density at radius 3 is 2.38 bits per heavy atom. The molecule has 10 heteroatoms. The molecule has 40 heavy (non-hydrogen) atoms. The standard InChI is InChI=1S/C30H31N9S/c1-18-10-26(34-27-11-19(2)36-37-27)35-29(33-18)23-8-9-28(31-14-23)38-16-24-12-25(17-38)39(24)15-21-4-6-22(7-5-21)30-32-13-20(3)40-30/h4-11,13-14,24-25H,12,15-17H2,1-3H3,(H2,33,34,35,36,37). The van der Waals surface area contributed by atoms with Gasteiger partial charge in [0, 0.05) is 83.6 Å². The minimum atomic E-state index is 0.556. The van der Waals surface area contributed by atoms with Crippen LogP contribution in [0, 0.1) is 20.8 Å². The van der Waals surface area contributed by atoms with E-state index < -0.39 is 0 Å². The van der Waals surface area contributed by atoms with Crippen LogP contribution in [0.1, 0.15) is 28.2 Å². The number of nitrogens with one attached hydrogen (secondary N) is 2.